The van der Waals surface area contributed by atoms with Crippen molar-refractivity contribution in [2.45, 2.75) is 25.7 Å². The summed E-state index contributed by atoms with van der Waals surface area (Å²) in [5.41, 5.74) is 0.370. The molecule has 0 unspecified atom stereocenters. The predicted octanol–water partition coefficient (Wildman–Crippen LogP) is 1.56. The maximum absolute atomic E-state index is 12.8. The predicted molar refractivity (Wildman–Crippen MR) is 61.2 cm³/mol. The number of carbonyl (C=O) groups excluding carboxylic acids is 2. The van der Waals surface area contributed by atoms with Crippen LogP contribution in [0.2, 0.25) is 0 Å². The van der Waals surface area contributed by atoms with E-state index in [4.69, 9.17) is 0 Å². The van der Waals surface area contributed by atoms with Crippen molar-refractivity contribution in [3.05, 3.63) is 35.6 Å². The molecule has 1 saturated carbocycles. The molecule has 96 valence electrons. The van der Waals surface area contributed by atoms with E-state index in [0.29, 0.717) is 18.4 Å². The van der Waals surface area contributed by atoms with Gasteiger partial charge in [0.1, 0.15) is 5.82 Å². The molecular formula is C14H14FO3-. The van der Waals surface area contributed by atoms with Gasteiger partial charge in [0.15, 0.2) is 5.78 Å². The lowest BCUT2D eigenvalue weighted by molar-refractivity contribution is -0.313. The topological polar surface area (TPSA) is 57.2 Å². The summed E-state index contributed by atoms with van der Waals surface area (Å²) in [6.45, 7) is 0. The van der Waals surface area contributed by atoms with Gasteiger partial charge in [0.25, 0.3) is 0 Å². The number of ketones is 1. The first-order valence-electron chi connectivity index (χ1n) is 6.10. The number of benzene rings is 1. The Bertz CT molecular complexity index is 453. The van der Waals surface area contributed by atoms with Crippen LogP contribution >= 0.6 is 0 Å². The zero-order chi connectivity index (χ0) is 13.1. The zero-order valence-corrected chi connectivity index (χ0v) is 9.90. The van der Waals surface area contributed by atoms with Gasteiger partial charge in [0.05, 0.1) is 0 Å². The third-order valence-corrected chi connectivity index (χ3v) is 3.53. The van der Waals surface area contributed by atoms with Crippen molar-refractivity contribution in [3.8, 4) is 0 Å². The first-order chi connectivity index (χ1) is 8.59. The molecule has 2 atom stereocenters. The lowest BCUT2D eigenvalue weighted by Gasteiger charge is -2.31. The SMILES string of the molecule is O=C([O-])[C@@H]1CCCC[C@H]1C(=O)c1ccc(F)cc1. The average Bonchev–Trinajstić information content (AvgIpc) is 2.39. The molecule has 0 N–H and O–H groups in total. The van der Waals surface area contributed by atoms with Crippen molar-refractivity contribution in [2.75, 3.05) is 0 Å². The highest BCUT2D eigenvalue weighted by Crippen LogP contribution is 2.32. The van der Waals surface area contributed by atoms with Crippen molar-refractivity contribution >= 4 is 11.8 Å². The fourth-order valence-corrected chi connectivity index (χ4v) is 2.56. The highest BCUT2D eigenvalue weighted by molar-refractivity contribution is 5.99. The van der Waals surface area contributed by atoms with E-state index in [9.17, 15) is 19.1 Å². The smallest absolute Gasteiger partial charge is 0.166 e. The monoisotopic (exact) mass is 249 g/mol. The van der Waals surface area contributed by atoms with Crippen molar-refractivity contribution in [2.24, 2.45) is 11.8 Å². The molecule has 0 amide bonds. The van der Waals surface area contributed by atoms with Gasteiger partial charge in [0.2, 0.25) is 0 Å². The standard InChI is InChI=1S/C14H15FO3/c15-10-7-5-9(6-8-10)13(16)11-3-1-2-4-12(11)14(17)18/h5-8,11-12H,1-4H2,(H,17,18)/p-1/t11-,12-/m1/s1. The Morgan fingerprint density at radius 2 is 1.61 bits per heavy atom. The van der Waals surface area contributed by atoms with Crippen LogP contribution in [0.15, 0.2) is 24.3 Å². The van der Waals surface area contributed by atoms with Gasteiger partial charge < -0.3 is 9.90 Å². The summed E-state index contributed by atoms with van der Waals surface area (Å²) < 4.78 is 12.8. The Hall–Kier alpha value is -1.71. The Labute approximate surface area is 105 Å². The van der Waals surface area contributed by atoms with Crippen LogP contribution in [-0.2, 0) is 4.79 Å². The third-order valence-electron chi connectivity index (χ3n) is 3.53. The molecule has 1 aliphatic carbocycles. The van der Waals surface area contributed by atoms with E-state index in [2.05, 4.69) is 0 Å². The molecule has 0 bridgehead atoms. The van der Waals surface area contributed by atoms with E-state index in [1.54, 1.807) is 0 Å². The number of aliphatic carboxylic acids is 1. The second kappa shape index (κ2) is 5.29. The molecule has 1 aromatic rings. The molecular weight excluding hydrogens is 235 g/mol. The number of hydrogen-bond acceptors (Lipinski definition) is 3. The highest BCUT2D eigenvalue weighted by Gasteiger charge is 2.32. The molecule has 4 heteroatoms. The van der Waals surface area contributed by atoms with Crippen molar-refractivity contribution in [3.63, 3.8) is 0 Å². The second-order valence-corrected chi connectivity index (χ2v) is 4.69. The summed E-state index contributed by atoms with van der Waals surface area (Å²) in [4.78, 5) is 23.2. The van der Waals surface area contributed by atoms with E-state index >= 15 is 0 Å². The second-order valence-electron chi connectivity index (χ2n) is 4.69. The fourth-order valence-electron chi connectivity index (χ4n) is 2.56. The van der Waals surface area contributed by atoms with Crippen molar-refractivity contribution < 1.29 is 19.1 Å². The maximum Gasteiger partial charge on any atom is 0.166 e. The summed E-state index contributed by atoms with van der Waals surface area (Å²) in [7, 11) is 0. The number of hydrogen-bond donors (Lipinski definition) is 0. The van der Waals surface area contributed by atoms with E-state index < -0.39 is 23.6 Å². The summed E-state index contributed by atoms with van der Waals surface area (Å²) in [6, 6.07) is 5.23. The number of halogens is 1. The number of carbonyl (C=O) groups is 2. The summed E-state index contributed by atoms with van der Waals surface area (Å²) in [5.74, 6) is -3.03. The van der Waals surface area contributed by atoms with Crippen LogP contribution in [0.3, 0.4) is 0 Å². The van der Waals surface area contributed by atoms with Crippen LogP contribution in [0.4, 0.5) is 4.39 Å². The van der Waals surface area contributed by atoms with Gasteiger partial charge in [-0.25, -0.2) is 4.39 Å². The average molecular weight is 249 g/mol. The molecule has 0 radical (unpaired) electrons. The molecule has 0 spiro atoms. The Kier molecular flexibility index (Phi) is 3.75. The van der Waals surface area contributed by atoms with Crippen LogP contribution in [0.1, 0.15) is 36.0 Å². The quantitative estimate of drug-likeness (QED) is 0.764. The van der Waals surface area contributed by atoms with Crippen LogP contribution in [0.5, 0.6) is 0 Å². The third kappa shape index (κ3) is 2.58. The Balaban J connectivity index is 2.20. The summed E-state index contributed by atoms with van der Waals surface area (Å²) in [6.07, 6.45) is 2.71. The minimum absolute atomic E-state index is 0.219. The van der Waals surface area contributed by atoms with Gasteiger partial charge >= 0.3 is 0 Å². The summed E-state index contributed by atoms with van der Waals surface area (Å²) >= 11 is 0. The lowest BCUT2D eigenvalue weighted by atomic mass is 9.75. The molecule has 0 aliphatic heterocycles. The molecule has 1 aromatic carbocycles. The van der Waals surface area contributed by atoms with E-state index in [1.165, 1.54) is 24.3 Å². The minimum atomic E-state index is -1.16. The Morgan fingerprint density at radius 1 is 1.06 bits per heavy atom. The van der Waals surface area contributed by atoms with E-state index in [-0.39, 0.29) is 5.78 Å². The number of carboxylic acid groups (broad SMARTS) is 1. The van der Waals surface area contributed by atoms with Crippen LogP contribution in [0, 0.1) is 17.7 Å². The van der Waals surface area contributed by atoms with Crippen LogP contribution < -0.4 is 5.11 Å². The number of carboxylic acids is 1. The number of Topliss-reactive ketones (excluding diaryl/α,β-unsaturated/α-hetero) is 1. The molecule has 0 aromatic heterocycles. The van der Waals surface area contributed by atoms with Gasteiger partial charge in [-0.1, -0.05) is 12.8 Å². The minimum Gasteiger partial charge on any atom is -0.550 e. The van der Waals surface area contributed by atoms with Crippen LogP contribution in [0.25, 0.3) is 0 Å². The molecule has 0 saturated heterocycles. The maximum atomic E-state index is 12.8. The molecule has 2 rings (SSSR count). The zero-order valence-electron chi connectivity index (χ0n) is 9.90. The van der Waals surface area contributed by atoms with Gasteiger partial charge in [-0.15, -0.1) is 0 Å². The molecule has 1 fully saturated rings. The molecule has 0 heterocycles. The molecule has 1 aliphatic rings. The summed E-state index contributed by atoms with van der Waals surface area (Å²) in [5, 5.41) is 11.0. The van der Waals surface area contributed by atoms with Gasteiger partial charge in [0, 0.05) is 23.4 Å². The molecule has 3 nitrogen and oxygen atoms in total. The van der Waals surface area contributed by atoms with Gasteiger partial charge in [-0.05, 0) is 37.1 Å². The van der Waals surface area contributed by atoms with Gasteiger partial charge in [-0.3, -0.25) is 4.79 Å². The lowest BCUT2D eigenvalue weighted by Crippen LogP contribution is -2.40. The Morgan fingerprint density at radius 3 is 2.17 bits per heavy atom. The normalized spacial score (nSPS) is 23.6. The fraction of sp³-hybridized carbons (Fsp3) is 0.429. The number of rotatable bonds is 3. The van der Waals surface area contributed by atoms with E-state index in [1.807, 2.05) is 0 Å². The largest absolute Gasteiger partial charge is 0.550 e. The van der Waals surface area contributed by atoms with Crippen molar-refractivity contribution in [1.82, 2.24) is 0 Å². The van der Waals surface area contributed by atoms with Crippen molar-refractivity contribution in [1.29, 1.82) is 0 Å². The molecule has 18 heavy (non-hydrogen) atoms. The first-order valence-corrected chi connectivity index (χ1v) is 6.10. The van der Waals surface area contributed by atoms with E-state index in [0.717, 1.165) is 12.8 Å². The highest BCUT2D eigenvalue weighted by atomic mass is 19.1. The van der Waals surface area contributed by atoms with Crippen LogP contribution in [-0.4, -0.2) is 11.8 Å². The van der Waals surface area contributed by atoms with Gasteiger partial charge in [-0.2, -0.15) is 0 Å². The first kappa shape index (κ1) is 12.7.